The van der Waals surface area contributed by atoms with Crippen molar-refractivity contribution >= 4 is 95.7 Å². The van der Waals surface area contributed by atoms with E-state index >= 15 is 0 Å². The summed E-state index contributed by atoms with van der Waals surface area (Å²) >= 11 is 3.59. The molecular weight excluding hydrogens is 565 g/mol. The van der Waals surface area contributed by atoms with Gasteiger partial charge < -0.3 is 0 Å². The third-order valence-corrected chi connectivity index (χ3v) is 10.8. The van der Waals surface area contributed by atoms with Gasteiger partial charge in [0.25, 0.3) is 0 Å². The number of rotatable bonds is 2. The van der Waals surface area contributed by atoms with Gasteiger partial charge in [-0.2, -0.15) is 0 Å². The molecule has 0 atom stereocenters. The first-order valence-corrected chi connectivity index (χ1v) is 15.8. The SMILES string of the molecule is c1cncc(-c2nc(-n3c4ccccc4c4c5sc6ccccc6c5c5ccccc5c43)nc3sc4ccccc4c23)c1. The number of aromatic nitrogens is 4. The highest BCUT2D eigenvalue weighted by Crippen LogP contribution is 2.48. The van der Waals surface area contributed by atoms with Gasteiger partial charge >= 0.3 is 0 Å². The van der Waals surface area contributed by atoms with Gasteiger partial charge in [0.1, 0.15) is 4.83 Å². The molecule has 0 bridgehead atoms. The van der Waals surface area contributed by atoms with Crippen LogP contribution < -0.4 is 0 Å². The molecule has 5 aromatic carbocycles. The molecule has 0 N–H and O–H groups in total. The fourth-order valence-corrected chi connectivity index (χ4v) is 9.10. The molecule has 0 spiro atoms. The number of hydrogen-bond donors (Lipinski definition) is 0. The summed E-state index contributed by atoms with van der Waals surface area (Å²) in [5.41, 5.74) is 4.14. The molecule has 43 heavy (non-hydrogen) atoms. The summed E-state index contributed by atoms with van der Waals surface area (Å²) in [4.78, 5) is 16.1. The summed E-state index contributed by atoms with van der Waals surface area (Å²) in [6.07, 6.45) is 3.71. The molecule has 200 valence electrons. The predicted octanol–water partition coefficient (Wildman–Crippen LogP) is 10.5. The Labute approximate surface area is 253 Å². The van der Waals surface area contributed by atoms with E-state index < -0.39 is 0 Å². The van der Waals surface area contributed by atoms with E-state index in [1.165, 1.54) is 51.8 Å². The second kappa shape index (κ2) is 8.67. The highest BCUT2D eigenvalue weighted by molar-refractivity contribution is 7.27. The highest BCUT2D eigenvalue weighted by Gasteiger charge is 2.24. The second-order valence-corrected chi connectivity index (χ2v) is 12.9. The lowest BCUT2D eigenvalue weighted by atomic mass is 10.00. The summed E-state index contributed by atoms with van der Waals surface area (Å²) in [6, 6.07) is 38.8. The Morgan fingerprint density at radius 3 is 2.00 bits per heavy atom. The van der Waals surface area contributed by atoms with E-state index in [2.05, 4.69) is 113 Å². The fraction of sp³-hybridized carbons (Fsp3) is 0. The zero-order chi connectivity index (χ0) is 28.1. The van der Waals surface area contributed by atoms with Gasteiger partial charge in [-0.3, -0.25) is 9.55 Å². The van der Waals surface area contributed by atoms with Crippen molar-refractivity contribution < 1.29 is 0 Å². The number of para-hydroxylation sites is 1. The van der Waals surface area contributed by atoms with Gasteiger partial charge in [0, 0.05) is 69.8 Å². The van der Waals surface area contributed by atoms with Crippen molar-refractivity contribution in [2.45, 2.75) is 0 Å². The maximum Gasteiger partial charge on any atom is 0.236 e. The summed E-state index contributed by atoms with van der Waals surface area (Å²) < 4.78 is 6.10. The van der Waals surface area contributed by atoms with Gasteiger partial charge in [0.15, 0.2) is 0 Å². The Kier molecular flexibility index (Phi) is 4.72. The third kappa shape index (κ3) is 3.16. The van der Waals surface area contributed by atoms with Gasteiger partial charge in [-0.1, -0.05) is 78.9 Å². The Bertz CT molecular complexity index is 2730. The van der Waals surface area contributed by atoms with Gasteiger partial charge in [0.05, 0.1) is 16.7 Å². The van der Waals surface area contributed by atoms with Crippen molar-refractivity contribution in [1.29, 1.82) is 0 Å². The Hall–Kier alpha value is -5.17. The van der Waals surface area contributed by atoms with E-state index in [1.807, 2.05) is 29.8 Å². The molecule has 0 saturated carbocycles. The first-order chi connectivity index (χ1) is 21.3. The first-order valence-electron chi connectivity index (χ1n) is 14.2. The van der Waals surface area contributed by atoms with Crippen LogP contribution in [0.1, 0.15) is 0 Å². The lowest BCUT2D eigenvalue weighted by Crippen LogP contribution is -2.03. The minimum absolute atomic E-state index is 0.676. The molecule has 10 rings (SSSR count). The van der Waals surface area contributed by atoms with Crippen LogP contribution in [0.25, 0.3) is 90.3 Å². The van der Waals surface area contributed by atoms with Gasteiger partial charge in [-0.15, -0.1) is 22.7 Å². The van der Waals surface area contributed by atoms with Crippen LogP contribution in [0.5, 0.6) is 0 Å². The van der Waals surface area contributed by atoms with Crippen molar-refractivity contribution in [3.8, 4) is 17.2 Å². The van der Waals surface area contributed by atoms with Crippen LogP contribution in [0.2, 0.25) is 0 Å². The van der Waals surface area contributed by atoms with Crippen molar-refractivity contribution in [3.05, 3.63) is 122 Å². The van der Waals surface area contributed by atoms with E-state index in [9.17, 15) is 0 Å². The van der Waals surface area contributed by atoms with Crippen LogP contribution in [0.4, 0.5) is 0 Å². The van der Waals surface area contributed by atoms with E-state index in [1.54, 1.807) is 11.3 Å². The number of fused-ring (bicyclic) bond motifs is 13. The molecule has 0 aliphatic carbocycles. The van der Waals surface area contributed by atoms with Crippen molar-refractivity contribution in [2.75, 3.05) is 0 Å². The van der Waals surface area contributed by atoms with Crippen LogP contribution in [0.3, 0.4) is 0 Å². The van der Waals surface area contributed by atoms with Crippen LogP contribution >= 0.6 is 22.7 Å². The van der Waals surface area contributed by atoms with Gasteiger partial charge in [-0.25, -0.2) is 9.97 Å². The van der Waals surface area contributed by atoms with Crippen LogP contribution in [-0.2, 0) is 0 Å². The van der Waals surface area contributed by atoms with Crippen LogP contribution in [0, 0.1) is 0 Å². The number of nitrogens with zero attached hydrogens (tertiary/aromatic N) is 4. The lowest BCUT2D eigenvalue weighted by molar-refractivity contribution is 1.02. The molecule has 0 amide bonds. The van der Waals surface area contributed by atoms with E-state index in [-0.39, 0.29) is 0 Å². The molecule has 0 saturated heterocycles. The van der Waals surface area contributed by atoms with Crippen molar-refractivity contribution in [3.63, 3.8) is 0 Å². The Morgan fingerprint density at radius 1 is 0.535 bits per heavy atom. The molecule has 5 heterocycles. The molecule has 0 radical (unpaired) electrons. The van der Waals surface area contributed by atoms with Gasteiger partial charge in [0.2, 0.25) is 5.95 Å². The number of thiophene rings is 2. The first kappa shape index (κ1) is 23.4. The average molecular weight is 585 g/mol. The molecular formula is C37H20N4S2. The molecule has 0 aliphatic rings. The molecule has 6 heteroatoms. The number of benzene rings is 5. The van der Waals surface area contributed by atoms with Gasteiger partial charge in [-0.05, 0) is 35.7 Å². The molecule has 4 nitrogen and oxygen atoms in total. The zero-order valence-corrected chi connectivity index (χ0v) is 24.3. The third-order valence-electron chi connectivity index (χ3n) is 8.51. The predicted molar refractivity (Wildman–Crippen MR) is 183 cm³/mol. The summed E-state index contributed by atoms with van der Waals surface area (Å²) in [5.74, 6) is 0.676. The number of hydrogen-bond acceptors (Lipinski definition) is 5. The maximum absolute atomic E-state index is 5.39. The summed E-state index contributed by atoms with van der Waals surface area (Å²) in [7, 11) is 0. The lowest BCUT2D eigenvalue weighted by Gasteiger charge is -2.12. The maximum atomic E-state index is 5.39. The molecule has 10 aromatic rings. The van der Waals surface area contributed by atoms with E-state index in [0.717, 1.165) is 32.5 Å². The minimum Gasteiger partial charge on any atom is -0.277 e. The number of pyridine rings is 1. The van der Waals surface area contributed by atoms with Crippen LogP contribution in [-0.4, -0.2) is 19.5 Å². The topological polar surface area (TPSA) is 43.6 Å². The molecule has 0 unspecified atom stereocenters. The average Bonchev–Trinajstić information content (AvgIpc) is 3.74. The smallest absolute Gasteiger partial charge is 0.236 e. The second-order valence-electron chi connectivity index (χ2n) is 10.8. The van der Waals surface area contributed by atoms with E-state index in [0.29, 0.717) is 5.95 Å². The summed E-state index contributed by atoms with van der Waals surface area (Å²) in [6.45, 7) is 0. The standard InChI is InChI=1S/C37H20N4S2/c1-2-12-23-22(11-1)30-25-14-4-7-17-28(25)42-35(30)32-24-13-3-6-16-27(24)41(34(23)32)37-39-33(21-10-9-19-38-20-21)31-26-15-5-8-18-29(26)43-36(31)40-37/h1-20H. The monoisotopic (exact) mass is 584 g/mol. The van der Waals surface area contributed by atoms with Crippen molar-refractivity contribution in [1.82, 2.24) is 19.5 Å². The largest absolute Gasteiger partial charge is 0.277 e. The molecule has 0 aliphatic heterocycles. The quantitative estimate of drug-likeness (QED) is 0.203. The zero-order valence-electron chi connectivity index (χ0n) is 22.7. The van der Waals surface area contributed by atoms with Crippen molar-refractivity contribution in [2.24, 2.45) is 0 Å². The van der Waals surface area contributed by atoms with Crippen LogP contribution in [0.15, 0.2) is 122 Å². The highest BCUT2D eigenvalue weighted by atomic mass is 32.1. The molecule has 0 fully saturated rings. The van der Waals surface area contributed by atoms with E-state index in [4.69, 9.17) is 9.97 Å². The Morgan fingerprint density at radius 2 is 1.21 bits per heavy atom. The minimum atomic E-state index is 0.676. The Balaban J connectivity index is 1.44. The molecule has 5 aromatic heterocycles. The summed E-state index contributed by atoms with van der Waals surface area (Å²) in [5, 5.41) is 9.80. The fourth-order valence-electron chi connectivity index (χ4n) is 6.75. The normalized spacial score (nSPS) is 12.2.